The third kappa shape index (κ3) is 3.29. The molecule has 1 fully saturated rings. The van der Waals surface area contributed by atoms with Crippen molar-refractivity contribution in [3.8, 4) is 0 Å². The molecule has 0 saturated heterocycles. The number of hydrogen-bond donors (Lipinski definition) is 3. The van der Waals surface area contributed by atoms with Gasteiger partial charge in [0.2, 0.25) is 15.7 Å². The number of benzene rings is 2. The first kappa shape index (κ1) is 22.2. The first-order valence-corrected chi connectivity index (χ1v) is 11.9. The van der Waals surface area contributed by atoms with Crippen LogP contribution in [-0.4, -0.2) is 39.9 Å². The zero-order valence-corrected chi connectivity index (χ0v) is 18.9. The summed E-state index contributed by atoms with van der Waals surface area (Å²) >= 11 is 6.02. The van der Waals surface area contributed by atoms with E-state index in [9.17, 15) is 32.4 Å². The van der Waals surface area contributed by atoms with Crippen molar-refractivity contribution in [2.24, 2.45) is 0 Å². The highest BCUT2D eigenvalue weighted by Gasteiger charge is 2.40. The molecule has 2 heterocycles. The van der Waals surface area contributed by atoms with Gasteiger partial charge in [-0.2, -0.15) is 0 Å². The summed E-state index contributed by atoms with van der Waals surface area (Å²) in [5.41, 5.74) is -2.56. The zero-order chi connectivity index (χ0) is 24.5. The zero-order valence-electron chi connectivity index (χ0n) is 17.4. The molecule has 1 saturated carbocycles. The maximum Gasteiger partial charge on any atom is 0.362 e. The minimum Gasteiger partial charge on any atom is -0.421 e. The van der Waals surface area contributed by atoms with Gasteiger partial charge < -0.3 is 20.1 Å². The summed E-state index contributed by atoms with van der Waals surface area (Å²) in [5, 5.41) is 12.0. The highest BCUT2D eigenvalue weighted by Crippen LogP contribution is 2.40. The van der Waals surface area contributed by atoms with Crippen LogP contribution in [0, 0.1) is 5.82 Å². The summed E-state index contributed by atoms with van der Waals surface area (Å²) in [5.74, 6) is -0.986. The Labute approximate surface area is 195 Å². The largest absolute Gasteiger partial charge is 0.421 e. The maximum absolute atomic E-state index is 14.9. The molecular weight excluding hydrogens is 491 g/mol. The molecule has 176 valence electrons. The van der Waals surface area contributed by atoms with E-state index in [1.54, 1.807) is 10.8 Å². The van der Waals surface area contributed by atoms with E-state index >= 15 is 0 Å². The van der Waals surface area contributed by atoms with E-state index in [1.165, 1.54) is 19.1 Å². The van der Waals surface area contributed by atoms with Crippen molar-refractivity contribution in [3.05, 3.63) is 68.2 Å². The Morgan fingerprint density at radius 2 is 2.00 bits per heavy atom. The minimum atomic E-state index is -4.46. The lowest BCUT2D eigenvalue weighted by Crippen LogP contribution is -2.33. The Morgan fingerprint density at radius 1 is 1.26 bits per heavy atom. The van der Waals surface area contributed by atoms with Crippen molar-refractivity contribution in [2.45, 2.75) is 35.2 Å². The Balaban J connectivity index is 1.70. The Kier molecular flexibility index (Phi) is 4.85. The molecule has 5 rings (SSSR count). The van der Waals surface area contributed by atoms with Gasteiger partial charge in [0.25, 0.3) is 5.56 Å². The van der Waals surface area contributed by atoms with Crippen LogP contribution in [0.15, 0.2) is 55.9 Å². The molecule has 0 unspecified atom stereocenters. The second-order valence-corrected chi connectivity index (χ2v) is 10.3. The monoisotopic (exact) mass is 506 g/mol. The van der Waals surface area contributed by atoms with E-state index in [4.69, 9.17) is 11.6 Å². The molecule has 13 heteroatoms. The highest BCUT2D eigenvalue weighted by molar-refractivity contribution is 7.91. The molecule has 1 aliphatic carbocycles. The van der Waals surface area contributed by atoms with E-state index < -0.39 is 47.6 Å². The second-order valence-electron chi connectivity index (χ2n) is 8.02. The van der Waals surface area contributed by atoms with Crippen LogP contribution in [0.2, 0.25) is 5.02 Å². The van der Waals surface area contributed by atoms with E-state index in [2.05, 4.69) is 10.3 Å². The summed E-state index contributed by atoms with van der Waals surface area (Å²) in [7, 11) is -4.46. The molecule has 4 aromatic rings. The molecular formula is C21H16ClFN4O6S. The van der Waals surface area contributed by atoms with Crippen molar-refractivity contribution in [1.29, 1.82) is 0 Å². The van der Waals surface area contributed by atoms with E-state index in [1.807, 2.05) is 0 Å². The van der Waals surface area contributed by atoms with Gasteiger partial charge in [0, 0.05) is 18.5 Å². The van der Waals surface area contributed by atoms with Crippen LogP contribution in [0.5, 0.6) is 0 Å². The summed E-state index contributed by atoms with van der Waals surface area (Å²) in [6.07, 6.45) is 2.23. The third-order valence-corrected chi connectivity index (χ3v) is 7.90. The number of carbonyl (C=O) groups excluding carboxylic acids is 1. The van der Waals surface area contributed by atoms with Gasteiger partial charge >= 0.3 is 5.69 Å². The molecule has 1 amide bonds. The normalized spacial score (nSPS) is 17.9. The number of aromatic nitrogens is 3. The third-order valence-electron chi connectivity index (χ3n) is 5.81. The minimum absolute atomic E-state index is 0.151. The Hall–Kier alpha value is -3.64. The predicted molar refractivity (Wildman–Crippen MR) is 120 cm³/mol. The summed E-state index contributed by atoms with van der Waals surface area (Å²) in [6, 6.07) is 5.58. The van der Waals surface area contributed by atoms with Crippen molar-refractivity contribution in [1.82, 2.24) is 19.6 Å². The van der Waals surface area contributed by atoms with E-state index in [0.29, 0.717) is 11.9 Å². The molecule has 0 aliphatic heterocycles. The molecule has 10 nitrogen and oxygen atoms in total. The molecule has 34 heavy (non-hydrogen) atoms. The molecule has 0 radical (unpaired) electrons. The summed E-state index contributed by atoms with van der Waals surface area (Å²) in [4.78, 5) is 36.9. The fraction of sp³-hybridized carbons (Fsp3) is 0.190. The van der Waals surface area contributed by atoms with Crippen LogP contribution in [0.1, 0.15) is 19.4 Å². The topological polar surface area (TPSA) is 143 Å². The van der Waals surface area contributed by atoms with Crippen molar-refractivity contribution in [3.63, 3.8) is 0 Å². The number of aromatic amines is 1. The van der Waals surface area contributed by atoms with Gasteiger partial charge in [-0.15, -0.1) is 0 Å². The van der Waals surface area contributed by atoms with Crippen molar-refractivity contribution >= 4 is 49.2 Å². The molecule has 3 N–H and O–H groups in total. The fourth-order valence-electron chi connectivity index (χ4n) is 4.14. The number of rotatable bonds is 4. The predicted octanol–water partition coefficient (Wildman–Crippen LogP) is 1.96. The summed E-state index contributed by atoms with van der Waals surface area (Å²) < 4.78 is 43.5. The van der Waals surface area contributed by atoms with Gasteiger partial charge in [0.1, 0.15) is 5.82 Å². The second kappa shape index (κ2) is 7.43. The lowest BCUT2D eigenvalue weighted by molar-refractivity contribution is -0.119. The number of nitrogens with one attached hydrogen (secondary N) is 2. The van der Waals surface area contributed by atoms with E-state index in [-0.39, 0.29) is 33.1 Å². The number of amides is 1. The number of halogens is 2. The number of carbonyl (C=O) groups is 1. The quantitative estimate of drug-likeness (QED) is 0.361. The molecule has 2 aromatic carbocycles. The number of nitrogens with zero attached hydrogens (tertiary/aromatic N) is 2. The van der Waals surface area contributed by atoms with Gasteiger partial charge in [-0.3, -0.25) is 9.59 Å². The Bertz CT molecular complexity index is 1760. The summed E-state index contributed by atoms with van der Waals surface area (Å²) in [6.45, 7) is 1.39. The first-order valence-electron chi connectivity index (χ1n) is 10.00. The molecule has 1 aliphatic rings. The molecule has 0 bridgehead atoms. The fourth-order valence-corrected chi connectivity index (χ4v) is 5.83. The van der Waals surface area contributed by atoms with Crippen LogP contribution >= 0.6 is 11.6 Å². The SMILES string of the molecule is CC(=O)N[C@@H]1C[C@H]1n1ccc2c(F)cc(S(=O)(=O)c3ccc(Cl)c4c(=O)n(O)c(=O)[nH]c34)cc21. The number of sulfone groups is 1. The number of hydrogen-bond acceptors (Lipinski definition) is 6. The van der Waals surface area contributed by atoms with Gasteiger partial charge in [-0.25, -0.2) is 17.6 Å². The van der Waals surface area contributed by atoms with Gasteiger partial charge in [0.15, 0.2) is 0 Å². The smallest absolute Gasteiger partial charge is 0.362 e. The molecule has 2 atom stereocenters. The lowest BCUT2D eigenvalue weighted by Gasteiger charge is -2.11. The van der Waals surface area contributed by atoms with Crippen molar-refractivity contribution in [2.75, 3.05) is 0 Å². The van der Waals surface area contributed by atoms with Crippen LogP contribution in [0.25, 0.3) is 21.8 Å². The average molecular weight is 507 g/mol. The van der Waals surface area contributed by atoms with Crippen LogP contribution < -0.4 is 16.6 Å². The number of fused-ring (bicyclic) bond motifs is 2. The average Bonchev–Trinajstić information content (AvgIpc) is 3.36. The first-order chi connectivity index (χ1) is 16.0. The van der Waals surface area contributed by atoms with Crippen LogP contribution in [0.4, 0.5) is 4.39 Å². The van der Waals surface area contributed by atoms with E-state index in [0.717, 1.165) is 18.2 Å². The number of H-pyrrole nitrogens is 1. The molecule has 2 aromatic heterocycles. The van der Waals surface area contributed by atoms with Crippen LogP contribution in [-0.2, 0) is 14.6 Å². The lowest BCUT2D eigenvalue weighted by atomic mass is 10.2. The van der Waals surface area contributed by atoms with Gasteiger partial charge in [0.05, 0.1) is 43.3 Å². The van der Waals surface area contributed by atoms with Gasteiger partial charge in [-0.05, 0) is 36.8 Å². The molecule has 0 spiro atoms. The van der Waals surface area contributed by atoms with Crippen LogP contribution in [0.3, 0.4) is 0 Å². The Morgan fingerprint density at radius 3 is 2.71 bits per heavy atom. The highest BCUT2D eigenvalue weighted by atomic mass is 35.5. The maximum atomic E-state index is 14.9. The standard InChI is InChI=1S/C21H16ClFN4O6S/c1-9(28)24-14-8-16(14)26-5-4-11-13(23)6-10(7-15(11)26)34(32,33)17-3-2-12(22)18-19(17)25-21(30)27(31)20(18)29/h2-7,14,16,31H,8H2,1H3,(H,24,28)(H,25,30)/t14-,16-/m1/s1. The van der Waals surface area contributed by atoms with Gasteiger partial charge in [-0.1, -0.05) is 16.3 Å². The van der Waals surface area contributed by atoms with Crippen molar-refractivity contribution < 1.29 is 22.8 Å².